The normalized spacial score (nSPS) is 16.8. The minimum absolute atomic E-state index is 0.0837. The zero-order valence-corrected chi connectivity index (χ0v) is 13.6. The van der Waals surface area contributed by atoms with Gasteiger partial charge in [-0.05, 0) is 37.2 Å². The predicted molar refractivity (Wildman–Crippen MR) is 82.3 cm³/mol. The average molecular weight is 368 g/mol. The highest BCUT2D eigenvalue weighted by atomic mass is 32.2. The van der Waals surface area contributed by atoms with Crippen LogP contribution in [0.1, 0.15) is 12.5 Å². The molecule has 1 amide bonds. The van der Waals surface area contributed by atoms with Crippen LogP contribution < -0.4 is 10.6 Å². The van der Waals surface area contributed by atoms with Crippen LogP contribution >= 0.6 is 11.8 Å². The van der Waals surface area contributed by atoms with Gasteiger partial charge in [0.15, 0.2) is 0 Å². The van der Waals surface area contributed by atoms with E-state index in [1.54, 1.807) is 6.92 Å². The van der Waals surface area contributed by atoms with Gasteiger partial charge in [0.2, 0.25) is 12.3 Å². The standard InChI is InChI=1S/C15H17F5N2OS/c1-8(9-5-21-6-9)14(23)22-11-4-10(15(18,19)20)2-3-12(11)24-7-13(16)17/h2-4,8-9,13,21H,5-7H2,1H3,(H,22,23). The Morgan fingerprint density at radius 3 is 2.54 bits per heavy atom. The highest BCUT2D eigenvalue weighted by Crippen LogP contribution is 2.36. The number of carbonyl (C=O) groups excluding carboxylic acids is 1. The maximum Gasteiger partial charge on any atom is 0.416 e. The lowest BCUT2D eigenvalue weighted by Gasteiger charge is -2.31. The summed E-state index contributed by atoms with van der Waals surface area (Å²) in [5.74, 6) is -1.24. The van der Waals surface area contributed by atoms with E-state index in [0.29, 0.717) is 24.9 Å². The number of hydrogen-bond acceptors (Lipinski definition) is 3. The largest absolute Gasteiger partial charge is 0.416 e. The van der Waals surface area contributed by atoms with Crippen LogP contribution in [0.15, 0.2) is 23.1 Å². The molecule has 1 atom stereocenters. The number of benzene rings is 1. The molecule has 0 aliphatic carbocycles. The number of alkyl halides is 5. The number of amides is 1. The third-order valence-electron chi connectivity index (χ3n) is 3.86. The van der Waals surface area contributed by atoms with Gasteiger partial charge in [0.1, 0.15) is 0 Å². The quantitative estimate of drug-likeness (QED) is 0.592. The Hall–Kier alpha value is -1.35. The van der Waals surface area contributed by atoms with Crippen molar-refractivity contribution in [1.82, 2.24) is 5.32 Å². The average Bonchev–Trinajstić information content (AvgIpc) is 2.42. The van der Waals surface area contributed by atoms with E-state index in [4.69, 9.17) is 0 Å². The number of halogens is 5. The Bertz CT molecular complexity index is 590. The molecule has 0 spiro atoms. The Morgan fingerprint density at radius 2 is 2.04 bits per heavy atom. The molecular formula is C15H17F5N2OS. The lowest BCUT2D eigenvalue weighted by Crippen LogP contribution is -2.48. The Kier molecular flexibility index (Phi) is 6.08. The topological polar surface area (TPSA) is 41.1 Å². The van der Waals surface area contributed by atoms with Crippen LogP contribution in [-0.2, 0) is 11.0 Å². The van der Waals surface area contributed by atoms with Gasteiger partial charge in [-0.2, -0.15) is 13.2 Å². The van der Waals surface area contributed by atoms with Gasteiger partial charge in [-0.15, -0.1) is 11.8 Å². The van der Waals surface area contributed by atoms with Crippen LogP contribution in [-0.4, -0.2) is 31.2 Å². The minimum atomic E-state index is -4.57. The molecule has 2 rings (SSSR count). The molecule has 1 fully saturated rings. The SMILES string of the molecule is CC(C(=O)Nc1cc(C(F)(F)F)ccc1SCC(F)F)C1CNC1. The van der Waals surface area contributed by atoms with Gasteiger partial charge < -0.3 is 10.6 Å². The number of carbonyl (C=O) groups is 1. The van der Waals surface area contributed by atoms with Crippen LogP contribution in [0.25, 0.3) is 0 Å². The maximum atomic E-state index is 12.9. The molecule has 0 aromatic heterocycles. The van der Waals surface area contributed by atoms with Gasteiger partial charge in [0.25, 0.3) is 0 Å². The molecule has 1 unspecified atom stereocenters. The zero-order chi connectivity index (χ0) is 17.9. The highest BCUT2D eigenvalue weighted by molar-refractivity contribution is 7.99. The summed E-state index contributed by atoms with van der Waals surface area (Å²) in [6.07, 6.45) is -7.17. The highest BCUT2D eigenvalue weighted by Gasteiger charge is 2.32. The van der Waals surface area contributed by atoms with Crippen LogP contribution in [0.5, 0.6) is 0 Å². The molecule has 134 valence electrons. The third-order valence-corrected chi connectivity index (χ3v) is 4.95. The van der Waals surface area contributed by atoms with Crippen molar-refractivity contribution in [2.75, 3.05) is 24.2 Å². The molecule has 1 aliphatic heterocycles. The molecule has 0 bridgehead atoms. The van der Waals surface area contributed by atoms with E-state index in [2.05, 4.69) is 10.6 Å². The first kappa shape index (κ1) is 19.0. The molecule has 3 nitrogen and oxygen atoms in total. The zero-order valence-electron chi connectivity index (χ0n) is 12.8. The second-order valence-electron chi connectivity index (χ2n) is 5.61. The summed E-state index contributed by atoms with van der Waals surface area (Å²) in [5.41, 5.74) is -1.02. The molecule has 1 aliphatic rings. The van der Waals surface area contributed by atoms with Gasteiger partial charge in [-0.3, -0.25) is 4.79 Å². The molecular weight excluding hydrogens is 351 g/mol. The molecule has 1 aromatic rings. The second kappa shape index (κ2) is 7.69. The fourth-order valence-electron chi connectivity index (χ4n) is 2.21. The van der Waals surface area contributed by atoms with Gasteiger partial charge >= 0.3 is 6.18 Å². The number of rotatable bonds is 6. The van der Waals surface area contributed by atoms with Gasteiger partial charge in [0, 0.05) is 10.8 Å². The number of thioether (sulfide) groups is 1. The van der Waals surface area contributed by atoms with Crippen molar-refractivity contribution in [2.24, 2.45) is 11.8 Å². The van der Waals surface area contributed by atoms with Crippen molar-refractivity contribution >= 4 is 23.4 Å². The number of anilines is 1. The summed E-state index contributed by atoms with van der Waals surface area (Å²) in [5, 5.41) is 5.48. The molecule has 1 aromatic carbocycles. The minimum Gasteiger partial charge on any atom is -0.325 e. The number of hydrogen-bond donors (Lipinski definition) is 2. The molecule has 0 saturated carbocycles. The van der Waals surface area contributed by atoms with Crippen molar-refractivity contribution in [3.63, 3.8) is 0 Å². The molecule has 1 saturated heterocycles. The van der Waals surface area contributed by atoms with E-state index in [1.165, 1.54) is 0 Å². The van der Waals surface area contributed by atoms with E-state index >= 15 is 0 Å². The van der Waals surface area contributed by atoms with Crippen molar-refractivity contribution in [1.29, 1.82) is 0 Å². The summed E-state index contributed by atoms with van der Waals surface area (Å²) in [4.78, 5) is 12.4. The Balaban J connectivity index is 2.20. The maximum absolute atomic E-state index is 12.9. The van der Waals surface area contributed by atoms with E-state index < -0.39 is 29.8 Å². The second-order valence-corrected chi connectivity index (χ2v) is 6.67. The molecule has 9 heteroatoms. The Morgan fingerprint density at radius 1 is 1.38 bits per heavy atom. The van der Waals surface area contributed by atoms with Crippen molar-refractivity contribution in [2.45, 2.75) is 24.4 Å². The van der Waals surface area contributed by atoms with E-state index in [0.717, 1.165) is 18.2 Å². The summed E-state index contributed by atoms with van der Waals surface area (Å²) >= 11 is 0.712. The van der Waals surface area contributed by atoms with Crippen LogP contribution in [0.2, 0.25) is 0 Å². The van der Waals surface area contributed by atoms with Crippen molar-refractivity contribution in [3.05, 3.63) is 23.8 Å². The van der Waals surface area contributed by atoms with Crippen LogP contribution in [0, 0.1) is 11.8 Å². The molecule has 24 heavy (non-hydrogen) atoms. The molecule has 2 N–H and O–H groups in total. The van der Waals surface area contributed by atoms with E-state index in [1.807, 2.05) is 0 Å². The van der Waals surface area contributed by atoms with E-state index in [-0.39, 0.29) is 22.4 Å². The lowest BCUT2D eigenvalue weighted by molar-refractivity contribution is -0.137. The van der Waals surface area contributed by atoms with Crippen molar-refractivity contribution < 1.29 is 26.7 Å². The first-order valence-electron chi connectivity index (χ1n) is 7.32. The monoisotopic (exact) mass is 368 g/mol. The summed E-state index contributed by atoms with van der Waals surface area (Å²) in [6.45, 7) is 3.04. The van der Waals surface area contributed by atoms with E-state index in [9.17, 15) is 26.7 Å². The molecule has 1 heterocycles. The predicted octanol–water partition coefficient (Wildman–Crippen LogP) is 3.86. The lowest BCUT2D eigenvalue weighted by atomic mass is 9.88. The van der Waals surface area contributed by atoms with Crippen LogP contribution in [0.4, 0.5) is 27.6 Å². The van der Waals surface area contributed by atoms with Gasteiger partial charge in [-0.1, -0.05) is 6.92 Å². The fourth-order valence-corrected chi connectivity index (χ4v) is 2.94. The van der Waals surface area contributed by atoms with Gasteiger partial charge in [0.05, 0.1) is 17.0 Å². The number of nitrogens with one attached hydrogen (secondary N) is 2. The first-order chi connectivity index (χ1) is 11.2. The molecule has 0 radical (unpaired) electrons. The van der Waals surface area contributed by atoms with Gasteiger partial charge in [-0.25, -0.2) is 8.78 Å². The fraction of sp³-hybridized carbons (Fsp3) is 0.533. The summed E-state index contributed by atoms with van der Waals surface area (Å²) in [6, 6.07) is 2.72. The first-order valence-corrected chi connectivity index (χ1v) is 8.31. The summed E-state index contributed by atoms with van der Waals surface area (Å²) < 4.78 is 63.3. The smallest absolute Gasteiger partial charge is 0.325 e. The third kappa shape index (κ3) is 4.83. The summed E-state index contributed by atoms with van der Waals surface area (Å²) in [7, 11) is 0. The van der Waals surface area contributed by atoms with Crippen LogP contribution in [0.3, 0.4) is 0 Å². The Labute approximate surface area is 140 Å². The van der Waals surface area contributed by atoms with Crippen molar-refractivity contribution in [3.8, 4) is 0 Å².